The molecule has 118 valence electrons. The molecular formula is C16H25FIN3. The van der Waals surface area contributed by atoms with Crippen molar-refractivity contribution in [2.75, 3.05) is 13.1 Å². The van der Waals surface area contributed by atoms with Gasteiger partial charge < -0.3 is 11.1 Å². The minimum atomic E-state index is -0.192. The van der Waals surface area contributed by atoms with Crippen molar-refractivity contribution < 1.29 is 4.39 Å². The molecule has 0 heterocycles. The number of halogens is 2. The summed E-state index contributed by atoms with van der Waals surface area (Å²) in [5.41, 5.74) is 7.12. The summed E-state index contributed by atoms with van der Waals surface area (Å²) in [6, 6.07) is 6.76. The third kappa shape index (κ3) is 5.45. The summed E-state index contributed by atoms with van der Waals surface area (Å²) in [7, 11) is 0. The molecule has 0 atom stereocenters. The molecule has 0 aromatic heterocycles. The lowest BCUT2D eigenvalue weighted by Gasteiger charge is -2.14. The standard InChI is InChI=1S/C16H24FN3.HI/c1-12(2)7-10-19-15(18)20-11-16(8-9-16)13-3-5-14(17)6-4-13;/h3-6,12H,7-11H2,1-2H3,(H3,18,19,20);1H. The molecule has 21 heavy (non-hydrogen) atoms. The summed E-state index contributed by atoms with van der Waals surface area (Å²) in [4.78, 5) is 4.44. The highest BCUT2D eigenvalue weighted by atomic mass is 127. The molecule has 0 unspecified atom stereocenters. The summed E-state index contributed by atoms with van der Waals surface area (Å²) in [5, 5.41) is 3.14. The Kier molecular flexibility index (Phi) is 6.90. The minimum absolute atomic E-state index is 0. The number of hydrogen-bond acceptors (Lipinski definition) is 1. The fraction of sp³-hybridized carbons (Fsp3) is 0.562. The van der Waals surface area contributed by atoms with Gasteiger partial charge in [-0.2, -0.15) is 0 Å². The third-order valence-electron chi connectivity index (χ3n) is 3.89. The van der Waals surface area contributed by atoms with E-state index in [1.807, 2.05) is 12.1 Å². The average molecular weight is 405 g/mol. The maximum atomic E-state index is 13.0. The second-order valence-electron chi connectivity index (χ2n) is 6.10. The van der Waals surface area contributed by atoms with Crippen LogP contribution in [0, 0.1) is 11.7 Å². The summed E-state index contributed by atoms with van der Waals surface area (Å²) in [6.45, 7) is 5.90. The van der Waals surface area contributed by atoms with Crippen molar-refractivity contribution in [2.45, 2.75) is 38.5 Å². The van der Waals surface area contributed by atoms with Gasteiger partial charge in [0.05, 0.1) is 6.54 Å². The highest BCUT2D eigenvalue weighted by Gasteiger charge is 2.44. The van der Waals surface area contributed by atoms with Gasteiger partial charge in [0.2, 0.25) is 0 Å². The molecule has 2 rings (SSSR count). The molecule has 3 N–H and O–H groups in total. The normalized spacial score (nSPS) is 16.5. The Morgan fingerprint density at radius 1 is 1.33 bits per heavy atom. The molecule has 0 amide bonds. The topological polar surface area (TPSA) is 50.4 Å². The molecule has 0 spiro atoms. The van der Waals surface area contributed by atoms with Crippen molar-refractivity contribution >= 4 is 29.9 Å². The van der Waals surface area contributed by atoms with Crippen LogP contribution >= 0.6 is 24.0 Å². The molecule has 1 aliphatic carbocycles. The lowest BCUT2D eigenvalue weighted by molar-refractivity contribution is 0.576. The third-order valence-corrected chi connectivity index (χ3v) is 3.89. The predicted molar refractivity (Wildman–Crippen MR) is 96.7 cm³/mol. The number of rotatable bonds is 6. The Labute approximate surface area is 143 Å². The molecule has 1 aromatic rings. The van der Waals surface area contributed by atoms with Crippen LogP contribution < -0.4 is 11.1 Å². The first-order valence-electron chi connectivity index (χ1n) is 7.32. The molecule has 0 bridgehead atoms. The van der Waals surface area contributed by atoms with Gasteiger partial charge in [-0.1, -0.05) is 26.0 Å². The molecule has 0 radical (unpaired) electrons. The maximum Gasteiger partial charge on any atom is 0.188 e. The van der Waals surface area contributed by atoms with Crippen LogP contribution in [0.15, 0.2) is 29.3 Å². The molecule has 5 heteroatoms. The number of benzene rings is 1. The van der Waals surface area contributed by atoms with E-state index in [0.29, 0.717) is 18.4 Å². The van der Waals surface area contributed by atoms with Crippen LogP contribution in [-0.2, 0) is 5.41 Å². The van der Waals surface area contributed by atoms with Gasteiger partial charge in [-0.05, 0) is 42.9 Å². The van der Waals surface area contributed by atoms with Gasteiger partial charge in [0, 0.05) is 12.0 Å². The fourth-order valence-corrected chi connectivity index (χ4v) is 2.27. The van der Waals surface area contributed by atoms with Crippen molar-refractivity contribution in [3.8, 4) is 0 Å². The van der Waals surface area contributed by atoms with E-state index in [2.05, 4.69) is 24.2 Å². The summed E-state index contributed by atoms with van der Waals surface area (Å²) >= 11 is 0. The molecule has 0 saturated heterocycles. The lowest BCUT2D eigenvalue weighted by atomic mass is 9.96. The summed E-state index contributed by atoms with van der Waals surface area (Å²) in [5.74, 6) is 0.978. The second kappa shape index (κ2) is 7.96. The Bertz CT molecular complexity index is 467. The van der Waals surface area contributed by atoms with Crippen molar-refractivity contribution in [1.82, 2.24) is 5.32 Å². The predicted octanol–water partition coefficient (Wildman–Crippen LogP) is 3.43. The maximum absolute atomic E-state index is 13.0. The zero-order chi connectivity index (χ0) is 14.6. The van der Waals surface area contributed by atoms with Gasteiger partial charge in [-0.25, -0.2) is 4.39 Å². The molecule has 1 aliphatic rings. The number of nitrogens with zero attached hydrogens (tertiary/aromatic N) is 1. The van der Waals surface area contributed by atoms with E-state index in [4.69, 9.17) is 5.73 Å². The lowest BCUT2D eigenvalue weighted by Crippen LogP contribution is -2.33. The first-order valence-corrected chi connectivity index (χ1v) is 7.32. The minimum Gasteiger partial charge on any atom is -0.370 e. The van der Waals surface area contributed by atoms with Gasteiger partial charge in [-0.15, -0.1) is 24.0 Å². The van der Waals surface area contributed by atoms with Gasteiger partial charge in [-0.3, -0.25) is 4.99 Å². The van der Waals surface area contributed by atoms with E-state index in [0.717, 1.165) is 31.4 Å². The first-order chi connectivity index (χ1) is 9.52. The Morgan fingerprint density at radius 2 is 1.95 bits per heavy atom. The second-order valence-corrected chi connectivity index (χ2v) is 6.10. The smallest absolute Gasteiger partial charge is 0.188 e. The van der Waals surface area contributed by atoms with Crippen molar-refractivity contribution in [2.24, 2.45) is 16.6 Å². The van der Waals surface area contributed by atoms with Crippen LogP contribution in [-0.4, -0.2) is 19.0 Å². The fourth-order valence-electron chi connectivity index (χ4n) is 2.27. The van der Waals surface area contributed by atoms with Crippen molar-refractivity contribution in [3.63, 3.8) is 0 Å². The van der Waals surface area contributed by atoms with Gasteiger partial charge in [0.15, 0.2) is 5.96 Å². The highest BCUT2D eigenvalue weighted by molar-refractivity contribution is 14.0. The Morgan fingerprint density at radius 3 is 2.48 bits per heavy atom. The van der Waals surface area contributed by atoms with E-state index >= 15 is 0 Å². The quantitative estimate of drug-likeness (QED) is 0.433. The van der Waals surface area contributed by atoms with Crippen LogP contribution in [0.5, 0.6) is 0 Å². The molecular weight excluding hydrogens is 380 g/mol. The van der Waals surface area contributed by atoms with Crippen molar-refractivity contribution in [1.29, 1.82) is 0 Å². The first kappa shape index (κ1) is 18.2. The molecule has 1 saturated carbocycles. The molecule has 1 aromatic carbocycles. The monoisotopic (exact) mass is 405 g/mol. The summed E-state index contributed by atoms with van der Waals surface area (Å²) in [6.07, 6.45) is 3.28. The number of guanidine groups is 1. The number of nitrogens with one attached hydrogen (secondary N) is 1. The van der Waals surface area contributed by atoms with Crippen LogP contribution in [0.1, 0.15) is 38.7 Å². The number of hydrogen-bond donors (Lipinski definition) is 2. The van der Waals surface area contributed by atoms with E-state index in [1.54, 1.807) is 0 Å². The Balaban J connectivity index is 0.00000220. The SMILES string of the molecule is CC(C)CCNC(N)=NCC1(c2ccc(F)cc2)CC1.I. The van der Waals surface area contributed by atoms with Crippen molar-refractivity contribution in [3.05, 3.63) is 35.6 Å². The zero-order valence-electron chi connectivity index (χ0n) is 12.7. The van der Waals surface area contributed by atoms with E-state index in [9.17, 15) is 4.39 Å². The molecule has 3 nitrogen and oxygen atoms in total. The number of nitrogens with two attached hydrogens (primary N) is 1. The Hall–Kier alpha value is -0.850. The molecule has 1 fully saturated rings. The van der Waals surface area contributed by atoms with E-state index < -0.39 is 0 Å². The van der Waals surface area contributed by atoms with Crippen LogP contribution in [0.4, 0.5) is 4.39 Å². The average Bonchev–Trinajstić information content (AvgIpc) is 3.18. The largest absolute Gasteiger partial charge is 0.370 e. The van der Waals surface area contributed by atoms with Crippen LogP contribution in [0.25, 0.3) is 0 Å². The number of aliphatic imine (C=N–C) groups is 1. The highest BCUT2D eigenvalue weighted by Crippen LogP contribution is 2.48. The van der Waals surface area contributed by atoms with Gasteiger partial charge >= 0.3 is 0 Å². The van der Waals surface area contributed by atoms with E-state index in [-0.39, 0.29) is 35.2 Å². The van der Waals surface area contributed by atoms with Gasteiger partial charge in [0.1, 0.15) is 5.82 Å². The van der Waals surface area contributed by atoms with E-state index in [1.165, 1.54) is 12.1 Å². The van der Waals surface area contributed by atoms with Crippen LogP contribution in [0.2, 0.25) is 0 Å². The zero-order valence-corrected chi connectivity index (χ0v) is 15.1. The molecule has 0 aliphatic heterocycles. The van der Waals surface area contributed by atoms with Gasteiger partial charge in [0.25, 0.3) is 0 Å². The summed E-state index contributed by atoms with van der Waals surface area (Å²) < 4.78 is 13.0. The van der Waals surface area contributed by atoms with Crippen LogP contribution in [0.3, 0.4) is 0 Å².